The fraction of sp³-hybridized carbons (Fsp3) is 0.385. The number of rotatable bonds is 1. The molecule has 1 aromatic heterocycles. The molecule has 1 aliphatic rings. The van der Waals surface area contributed by atoms with Crippen molar-refractivity contribution in [2.45, 2.75) is 19.0 Å². The molecule has 1 aliphatic heterocycles. The Bertz CT molecular complexity index is 575. The Labute approximate surface area is 113 Å². The van der Waals surface area contributed by atoms with Gasteiger partial charge in [-0.1, -0.05) is 15.9 Å². The highest BCUT2D eigenvalue weighted by Gasteiger charge is 2.21. The summed E-state index contributed by atoms with van der Waals surface area (Å²) in [7, 11) is 0. The maximum atomic E-state index is 13.4. The van der Waals surface area contributed by atoms with E-state index in [9.17, 15) is 4.39 Å². The molecular weight excluding hydrogens is 297 g/mol. The topological polar surface area (TPSA) is 29.0 Å². The molecule has 5 heteroatoms. The van der Waals surface area contributed by atoms with Gasteiger partial charge in [0.25, 0.3) is 0 Å². The Kier molecular flexibility index (Phi) is 3.16. The van der Waals surface area contributed by atoms with Crippen molar-refractivity contribution >= 4 is 32.8 Å². The van der Waals surface area contributed by atoms with Crippen LogP contribution in [-0.2, 0) is 0 Å². The Morgan fingerprint density at radius 2 is 2.28 bits per heavy atom. The summed E-state index contributed by atoms with van der Waals surface area (Å²) in [4.78, 5) is 10.8. The third-order valence-corrected chi connectivity index (χ3v) is 3.67. The van der Waals surface area contributed by atoms with Crippen LogP contribution in [0.3, 0.4) is 0 Å². The van der Waals surface area contributed by atoms with E-state index in [0.717, 1.165) is 28.3 Å². The quantitative estimate of drug-likeness (QED) is 0.809. The van der Waals surface area contributed by atoms with Gasteiger partial charge in [0.15, 0.2) is 0 Å². The highest BCUT2D eigenvalue weighted by molar-refractivity contribution is 9.10. The van der Waals surface area contributed by atoms with E-state index in [-0.39, 0.29) is 0 Å². The Hall–Kier alpha value is -1.23. The van der Waals surface area contributed by atoms with Gasteiger partial charge in [-0.2, -0.15) is 0 Å². The summed E-state index contributed by atoms with van der Waals surface area (Å²) < 4.78 is 14.4. The molecule has 0 amide bonds. The molecule has 2 aromatic rings. The van der Waals surface area contributed by atoms with Gasteiger partial charge >= 0.3 is 0 Å². The van der Waals surface area contributed by atoms with E-state index in [0.29, 0.717) is 18.9 Å². The molecule has 18 heavy (non-hydrogen) atoms. The predicted octanol–water partition coefficient (Wildman–Crippen LogP) is 3.33. The van der Waals surface area contributed by atoms with Crippen LogP contribution in [0.5, 0.6) is 0 Å². The van der Waals surface area contributed by atoms with E-state index >= 15 is 0 Å². The number of anilines is 1. The molecular formula is C13H13BrFN3. The van der Waals surface area contributed by atoms with Crippen molar-refractivity contribution < 1.29 is 4.39 Å². The molecule has 0 spiro atoms. The number of halogens is 2. The maximum absolute atomic E-state index is 13.4. The molecule has 0 N–H and O–H groups in total. The van der Waals surface area contributed by atoms with Crippen LogP contribution < -0.4 is 4.90 Å². The largest absolute Gasteiger partial charge is 0.338 e. The smallest absolute Gasteiger partial charge is 0.225 e. The number of hydrogen-bond acceptors (Lipinski definition) is 3. The van der Waals surface area contributed by atoms with Crippen LogP contribution in [0.1, 0.15) is 12.8 Å². The van der Waals surface area contributed by atoms with E-state index < -0.39 is 6.17 Å². The number of fused-ring (bicyclic) bond motifs is 1. The molecule has 3 nitrogen and oxygen atoms in total. The number of aromatic nitrogens is 2. The molecule has 1 aromatic carbocycles. The molecule has 0 radical (unpaired) electrons. The lowest BCUT2D eigenvalue weighted by Crippen LogP contribution is -2.37. The normalized spacial score (nSPS) is 20.3. The summed E-state index contributed by atoms with van der Waals surface area (Å²) in [5.41, 5.74) is 0.893. The molecule has 0 saturated carbocycles. The van der Waals surface area contributed by atoms with Gasteiger partial charge in [0.05, 0.1) is 12.1 Å². The third-order valence-electron chi connectivity index (χ3n) is 3.18. The van der Waals surface area contributed by atoms with E-state index in [4.69, 9.17) is 0 Å². The minimum atomic E-state index is -0.761. The number of alkyl halides is 1. The van der Waals surface area contributed by atoms with Gasteiger partial charge in [0.1, 0.15) is 6.17 Å². The standard InChI is InChI=1S/C13H13BrFN3/c14-10-3-4-12-9(6-10)7-16-13(17-12)18-5-1-2-11(15)8-18/h3-4,6-7,11H,1-2,5,8H2. The lowest BCUT2D eigenvalue weighted by Gasteiger charge is -2.28. The molecule has 1 unspecified atom stereocenters. The molecule has 1 saturated heterocycles. The molecule has 94 valence electrons. The van der Waals surface area contributed by atoms with Crippen LogP contribution >= 0.6 is 15.9 Å². The first-order valence-corrected chi connectivity index (χ1v) is 6.83. The Balaban J connectivity index is 1.95. The monoisotopic (exact) mass is 309 g/mol. The van der Waals surface area contributed by atoms with Crippen molar-refractivity contribution in [1.29, 1.82) is 0 Å². The SMILES string of the molecule is FC1CCCN(c2ncc3cc(Br)ccc3n2)C1. The van der Waals surface area contributed by atoms with Crippen LogP contribution in [0.4, 0.5) is 10.3 Å². The minimum Gasteiger partial charge on any atom is -0.338 e. The average Bonchev–Trinajstić information content (AvgIpc) is 2.38. The summed E-state index contributed by atoms with van der Waals surface area (Å²) in [5.74, 6) is 0.632. The van der Waals surface area contributed by atoms with Crippen molar-refractivity contribution in [1.82, 2.24) is 9.97 Å². The van der Waals surface area contributed by atoms with Crippen LogP contribution in [0.2, 0.25) is 0 Å². The fourth-order valence-corrected chi connectivity index (χ4v) is 2.63. The fourth-order valence-electron chi connectivity index (χ4n) is 2.25. The van der Waals surface area contributed by atoms with Crippen molar-refractivity contribution in [3.8, 4) is 0 Å². The van der Waals surface area contributed by atoms with E-state index in [1.165, 1.54) is 0 Å². The highest BCUT2D eigenvalue weighted by atomic mass is 79.9. The first kappa shape index (κ1) is 11.8. The van der Waals surface area contributed by atoms with Gasteiger partial charge < -0.3 is 4.90 Å². The summed E-state index contributed by atoms with van der Waals surface area (Å²) in [6.45, 7) is 1.24. The zero-order valence-electron chi connectivity index (χ0n) is 9.81. The predicted molar refractivity (Wildman–Crippen MR) is 73.6 cm³/mol. The number of piperidine rings is 1. The van der Waals surface area contributed by atoms with Gasteiger partial charge in [-0.25, -0.2) is 14.4 Å². The lowest BCUT2D eigenvalue weighted by atomic mass is 10.1. The van der Waals surface area contributed by atoms with E-state index in [2.05, 4.69) is 25.9 Å². The summed E-state index contributed by atoms with van der Waals surface area (Å²) in [6, 6.07) is 5.88. The van der Waals surface area contributed by atoms with Gasteiger partial charge in [-0.15, -0.1) is 0 Å². The summed E-state index contributed by atoms with van der Waals surface area (Å²) in [6.07, 6.45) is 2.55. The van der Waals surface area contributed by atoms with Crippen molar-refractivity contribution in [3.05, 3.63) is 28.9 Å². The molecule has 1 atom stereocenters. The van der Waals surface area contributed by atoms with Crippen LogP contribution in [-0.4, -0.2) is 29.2 Å². The molecule has 3 rings (SSSR count). The first-order chi connectivity index (χ1) is 8.72. The van der Waals surface area contributed by atoms with Crippen LogP contribution in [0.15, 0.2) is 28.9 Å². The molecule has 0 bridgehead atoms. The van der Waals surface area contributed by atoms with Crippen molar-refractivity contribution in [2.75, 3.05) is 18.0 Å². The van der Waals surface area contributed by atoms with E-state index in [1.807, 2.05) is 23.1 Å². The van der Waals surface area contributed by atoms with Crippen LogP contribution in [0, 0.1) is 0 Å². The summed E-state index contributed by atoms with van der Waals surface area (Å²) >= 11 is 3.42. The second-order valence-corrected chi connectivity index (χ2v) is 5.47. The van der Waals surface area contributed by atoms with Gasteiger partial charge in [-0.05, 0) is 31.0 Å². The summed E-state index contributed by atoms with van der Waals surface area (Å²) in [5, 5.41) is 0.988. The van der Waals surface area contributed by atoms with E-state index in [1.54, 1.807) is 6.20 Å². The second kappa shape index (κ2) is 4.80. The third kappa shape index (κ3) is 2.32. The zero-order valence-corrected chi connectivity index (χ0v) is 11.4. The number of benzene rings is 1. The minimum absolute atomic E-state index is 0.405. The zero-order chi connectivity index (χ0) is 12.5. The molecule has 2 heterocycles. The molecule has 1 fully saturated rings. The molecule has 0 aliphatic carbocycles. The van der Waals surface area contributed by atoms with Gasteiger partial charge in [0, 0.05) is 22.6 Å². The van der Waals surface area contributed by atoms with Gasteiger partial charge in [-0.3, -0.25) is 0 Å². The highest BCUT2D eigenvalue weighted by Crippen LogP contribution is 2.22. The Morgan fingerprint density at radius 1 is 1.39 bits per heavy atom. The Morgan fingerprint density at radius 3 is 3.11 bits per heavy atom. The van der Waals surface area contributed by atoms with Crippen molar-refractivity contribution in [2.24, 2.45) is 0 Å². The number of nitrogens with zero attached hydrogens (tertiary/aromatic N) is 3. The maximum Gasteiger partial charge on any atom is 0.225 e. The average molecular weight is 310 g/mol. The second-order valence-electron chi connectivity index (χ2n) is 4.56. The van der Waals surface area contributed by atoms with Crippen LogP contribution in [0.25, 0.3) is 10.9 Å². The lowest BCUT2D eigenvalue weighted by molar-refractivity contribution is 0.285. The van der Waals surface area contributed by atoms with Crippen molar-refractivity contribution in [3.63, 3.8) is 0 Å². The number of hydrogen-bond donors (Lipinski definition) is 0. The van der Waals surface area contributed by atoms with Gasteiger partial charge in [0.2, 0.25) is 5.95 Å². The first-order valence-electron chi connectivity index (χ1n) is 6.04.